The molecule has 4 heteroatoms. The molecule has 106 valence electrons. The molecule has 0 heterocycles. The number of benzene rings is 1. The zero-order valence-corrected chi connectivity index (χ0v) is 11.7. The molecule has 0 bridgehead atoms. The minimum absolute atomic E-state index is 0.160. The van der Waals surface area contributed by atoms with E-state index in [1.165, 1.54) is 32.1 Å². The molecule has 1 aromatic rings. The minimum atomic E-state index is -0.363. The van der Waals surface area contributed by atoms with Gasteiger partial charge in [-0.1, -0.05) is 44.7 Å². The molecule has 1 aromatic carbocycles. The van der Waals surface area contributed by atoms with Gasteiger partial charge in [-0.15, -0.1) is 0 Å². The van der Waals surface area contributed by atoms with Gasteiger partial charge in [0.1, 0.15) is 0 Å². The molecule has 0 amide bonds. The van der Waals surface area contributed by atoms with E-state index in [2.05, 4.69) is 12.2 Å². The van der Waals surface area contributed by atoms with Crippen molar-refractivity contribution in [2.75, 3.05) is 13.1 Å². The fraction of sp³-hybridized carbons (Fsp3) is 0.600. The van der Waals surface area contributed by atoms with Crippen molar-refractivity contribution in [2.24, 2.45) is 0 Å². The van der Waals surface area contributed by atoms with Crippen molar-refractivity contribution < 1.29 is 4.92 Å². The SMILES string of the molecule is CCCCCCCNCCc1ccc([N+](=O)[O-])cc1. The Hall–Kier alpha value is -1.42. The van der Waals surface area contributed by atoms with Crippen LogP contribution in [-0.2, 0) is 6.42 Å². The lowest BCUT2D eigenvalue weighted by atomic mass is 10.1. The van der Waals surface area contributed by atoms with Crippen LogP contribution in [0.15, 0.2) is 24.3 Å². The van der Waals surface area contributed by atoms with Gasteiger partial charge in [-0.05, 0) is 31.5 Å². The molecule has 0 fully saturated rings. The summed E-state index contributed by atoms with van der Waals surface area (Å²) < 4.78 is 0. The van der Waals surface area contributed by atoms with E-state index in [0.717, 1.165) is 25.1 Å². The van der Waals surface area contributed by atoms with E-state index < -0.39 is 0 Å². The van der Waals surface area contributed by atoms with Crippen LogP contribution in [0.4, 0.5) is 5.69 Å². The fourth-order valence-electron chi connectivity index (χ4n) is 2.00. The quantitative estimate of drug-likeness (QED) is 0.398. The molecule has 0 aliphatic rings. The first-order chi connectivity index (χ1) is 9.24. The third kappa shape index (κ3) is 6.91. The van der Waals surface area contributed by atoms with Gasteiger partial charge in [0.05, 0.1) is 4.92 Å². The van der Waals surface area contributed by atoms with E-state index in [4.69, 9.17) is 0 Å². The Morgan fingerprint density at radius 3 is 2.37 bits per heavy atom. The maximum Gasteiger partial charge on any atom is 0.269 e. The largest absolute Gasteiger partial charge is 0.316 e. The standard InChI is InChI=1S/C15H24N2O2/c1-2-3-4-5-6-12-16-13-11-14-7-9-15(10-8-14)17(18)19/h7-10,16H,2-6,11-13H2,1H3. The summed E-state index contributed by atoms with van der Waals surface area (Å²) in [5.41, 5.74) is 1.30. The van der Waals surface area contributed by atoms with Crippen molar-refractivity contribution >= 4 is 5.69 Å². The highest BCUT2D eigenvalue weighted by Gasteiger charge is 2.03. The van der Waals surface area contributed by atoms with Gasteiger partial charge in [-0.2, -0.15) is 0 Å². The summed E-state index contributed by atoms with van der Waals surface area (Å²) in [5, 5.41) is 13.9. The van der Waals surface area contributed by atoms with Crippen molar-refractivity contribution in [2.45, 2.75) is 45.4 Å². The van der Waals surface area contributed by atoms with E-state index in [9.17, 15) is 10.1 Å². The highest BCUT2D eigenvalue weighted by atomic mass is 16.6. The Labute approximate surface area is 115 Å². The molecular weight excluding hydrogens is 240 g/mol. The Balaban J connectivity index is 2.07. The van der Waals surface area contributed by atoms with Gasteiger partial charge in [0.15, 0.2) is 0 Å². The Morgan fingerprint density at radius 1 is 1.05 bits per heavy atom. The van der Waals surface area contributed by atoms with Gasteiger partial charge in [-0.25, -0.2) is 0 Å². The normalized spacial score (nSPS) is 10.6. The van der Waals surface area contributed by atoms with E-state index in [0.29, 0.717) is 0 Å². The molecular formula is C15H24N2O2. The summed E-state index contributed by atoms with van der Waals surface area (Å²) in [7, 11) is 0. The number of rotatable bonds is 10. The third-order valence-corrected chi connectivity index (χ3v) is 3.19. The summed E-state index contributed by atoms with van der Waals surface area (Å²) in [6, 6.07) is 6.81. The van der Waals surface area contributed by atoms with Crippen LogP contribution in [0.2, 0.25) is 0 Å². The molecule has 0 aromatic heterocycles. The van der Waals surface area contributed by atoms with Crippen LogP contribution in [0.1, 0.15) is 44.6 Å². The van der Waals surface area contributed by atoms with Crippen LogP contribution in [0.25, 0.3) is 0 Å². The maximum absolute atomic E-state index is 10.5. The molecule has 1 N–H and O–H groups in total. The summed E-state index contributed by atoms with van der Waals surface area (Å²) in [6.45, 7) is 4.23. The van der Waals surface area contributed by atoms with Gasteiger partial charge in [0, 0.05) is 12.1 Å². The lowest BCUT2D eigenvalue weighted by molar-refractivity contribution is -0.384. The van der Waals surface area contributed by atoms with Crippen LogP contribution >= 0.6 is 0 Å². The van der Waals surface area contributed by atoms with E-state index >= 15 is 0 Å². The Kier molecular flexibility index (Phi) is 7.82. The highest BCUT2D eigenvalue weighted by Crippen LogP contribution is 2.11. The van der Waals surface area contributed by atoms with Crippen LogP contribution in [0.5, 0.6) is 0 Å². The van der Waals surface area contributed by atoms with E-state index in [1.54, 1.807) is 12.1 Å². The van der Waals surface area contributed by atoms with Crippen LogP contribution in [0.3, 0.4) is 0 Å². The van der Waals surface area contributed by atoms with Crippen molar-refractivity contribution in [3.63, 3.8) is 0 Å². The number of nitro benzene ring substituents is 1. The highest BCUT2D eigenvalue weighted by molar-refractivity contribution is 5.32. The van der Waals surface area contributed by atoms with Gasteiger partial charge in [0.25, 0.3) is 5.69 Å². The zero-order chi connectivity index (χ0) is 13.9. The number of nitro groups is 1. The second-order valence-electron chi connectivity index (χ2n) is 4.84. The Morgan fingerprint density at radius 2 is 1.74 bits per heavy atom. The molecule has 0 aliphatic heterocycles. The molecule has 0 spiro atoms. The average molecular weight is 264 g/mol. The molecule has 0 saturated heterocycles. The molecule has 0 aliphatic carbocycles. The number of nitrogens with one attached hydrogen (secondary N) is 1. The van der Waals surface area contributed by atoms with Crippen molar-refractivity contribution in [3.05, 3.63) is 39.9 Å². The summed E-state index contributed by atoms with van der Waals surface area (Å²) in [5.74, 6) is 0. The van der Waals surface area contributed by atoms with Crippen molar-refractivity contribution in [1.29, 1.82) is 0 Å². The smallest absolute Gasteiger partial charge is 0.269 e. The van der Waals surface area contributed by atoms with Crippen LogP contribution in [0, 0.1) is 10.1 Å². The van der Waals surface area contributed by atoms with E-state index in [1.807, 2.05) is 12.1 Å². The van der Waals surface area contributed by atoms with Gasteiger partial charge in [-0.3, -0.25) is 10.1 Å². The first-order valence-corrected chi connectivity index (χ1v) is 7.18. The molecule has 0 saturated carbocycles. The second-order valence-corrected chi connectivity index (χ2v) is 4.84. The van der Waals surface area contributed by atoms with Crippen molar-refractivity contribution in [3.8, 4) is 0 Å². The maximum atomic E-state index is 10.5. The second kappa shape index (κ2) is 9.50. The van der Waals surface area contributed by atoms with Gasteiger partial charge in [0.2, 0.25) is 0 Å². The lowest BCUT2D eigenvalue weighted by Gasteiger charge is -2.05. The van der Waals surface area contributed by atoms with Gasteiger partial charge < -0.3 is 5.32 Å². The first kappa shape index (κ1) is 15.6. The topological polar surface area (TPSA) is 55.2 Å². The van der Waals surface area contributed by atoms with Crippen molar-refractivity contribution in [1.82, 2.24) is 5.32 Å². The summed E-state index contributed by atoms with van der Waals surface area (Å²) in [6.07, 6.45) is 7.42. The molecule has 4 nitrogen and oxygen atoms in total. The zero-order valence-electron chi connectivity index (χ0n) is 11.7. The lowest BCUT2D eigenvalue weighted by Crippen LogP contribution is -2.18. The average Bonchev–Trinajstić information content (AvgIpc) is 2.42. The molecule has 19 heavy (non-hydrogen) atoms. The monoisotopic (exact) mass is 264 g/mol. The molecule has 0 radical (unpaired) electrons. The van der Waals surface area contributed by atoms with Crippen LogP contribution < -0.4 is 5.32 Å². The molecule has 0 unspecified atom stereocenters. The molecule has 1 rings (SSSR count). The summed E-state index contributed by atoms with van der Waals surface area (Å²) >= 11 is 0. The Bertz CT molecular complexity index is 363. The third-order valence-electron chi connectivity index (χ3n) is 3.19. The minimum Gasteiger partial charge on any atom is -0.316 e. The number of non-ortho nitro benzene ring substituents is 1. The predicted octanol–water partition coefficient (Wildman–Crippen LogP) is 3.70. The predicted molar refractivity (Wildman–Crippen MR) is 78.4 cm³/mol. The number of nitrogens with zero attached hydrogens (tertiary/aromatic N) is 1. The summed E-state index contributed by atoms with van der Waals surface area (Å²) in [4.78, 5) is 10.1. The molecule has 0 atom stereocenters. The van der Waals surface area contributed by atoms with Crippen LogP contribution in [-0.4, -0.2) is 18.0 Å². The van der Waals surface area contributed by atoms with Gasteiger partial charge >= 0.3 is 0 Å². The fourth-order valence-corrected chi connectivity index (χ4v) is 2.00. The van der Waals surface area contributed by atoms with E-state index in [-0.39, 0.29) is 10.6 Å². The first-order valence-electron chi connectivity index (χ1n) is 7.18. The number of hydrogen-bond acceptors (Lipinski definition) is 3. The number of hydrogen-bond donors (Lipinski definition) is 1. The number of unbranched alkanes of at least 4 members (excludes halogenated alkanes) is 4.